The summed E-state index contributed by atoms with van der Waals surface area (Å²) in [5.74, 6) is 1.56. The van der Waals surface area contributed by atoms with Gasteiger partial charge in [-0.3, -0.25) is 0 Å². The standard InChI is InChI=1S/C17H27NO3/c1-18(14-6-4-3-5-7-14)12-15(19)13-21-17-10-8-16(20-2)9-11-17/h8-11,14-15,19H,3-7,12-13H2,1-2H3. The van der Waals surface area contributed by atoms with Crippen molar-refractivity contribution in [2.45, 2.75) is 44.2 Å². The van der Waals surface area contributed by atoms with Crippen LogP contribution in [0, 0.1) is 0 Å². The maximum atomic E-state index is 10.1. The van der Waals surface area contributed by atoms with Crippen LogP contribution >= 0.6 is 0 Å². The number of aliphatic hydroxyl groups is 1. The third kappa shape index (κ3) is 5.21. The average molecular weight is 293 g/mol. The molecule has 0 amide bonds. The molecule has 4 nitrogen and oxygen atoms in total. The van der Waals surface area contributed by atoms with Crippen molar-refractivity contribution in [3.05, 3.63) is 24.3 Å². The molecule has 0 heterocycles. The molecule has 2 rings (SSSR count). The molecule has 1 atom stereocenters. The number of likely N-dealkylation sites (N-methyl/N-ethyl adjacent to an activating group) is 1. The van der Waals surface area contributed by atoms with Gasteiger partial charge in [0.2, 0.25) is 0 Å². The molecule has 1 aliphatic carbocycles. The smallest absolute Gasteiger partial charge is 0.119 e. The summed E-state index contributed by atoms with van der Waals surface area (Å²) >= 11 is 0. The van der Waals surface area contributed by atoms with Gasteiger partial charge in [0, 0.05) is 12.6 Å². The second-order valence-electron chi connectivity index (χ2n) is 5.87. The first-order valence-corrected chi connectivity index (χ1v) is 7.84. The molecule has 1 fully saturated rings. The number of hydrogen-bond donors (Lipinski definition) is 1. The fraction of sp³-hybridized carbons (Fsp3) is 0.647. The van der Waals surface area contributed by atoms with Gasteiger partial charge in [0.15, 0.2) is 0 Å². The highest BCUT2D eigenvalue weighted by molar-refractivity contribution is 5.31. The third-order valence-electron chi connectivity index (χ3n) is 4.20. The summed E-state index contributed by atoms with van der Waals surface area (Å²) < 4.78 is 10.7. The highest BCUT2D eigenvalue weighted by Crippen LogP contribution is 2.22. The molecule has 1 unspecified atom stereocenters. The van der Waals surface area contributed by atoms with Gasteiger partial charge in [0.25, 0.3) is 0 Å². The van der Waals surface area contributed by atoms with Crippen molar-refractivity contribution in [2.24, 2.45) is 0 Å². The predicted octanol–water partition coefficient (Wildman–Crippen LogP) is 2.70. The molecule has 1 N–H and O–H groups in total. The molecule has 1 aliphatic rings. The highest BCUT2D eigenvalue weighted by Gasteiger charge is 2.20. The van der Waals surface area contributed by atoms with Gasteiger partial charge in [-0.05, 0) is 44.2 Å². The summed E-state index contributed by atoms with van der Waals surface area (Å²) in [6, 6.07) is 8.05. The Kier molecular flexibility index (Phi) is 6.33. The van der Waals surface area contributed by atoms with Crippen molar-refractivity contribution in [2.75, 3.05) is 27.3 Å². The first kappa shape index (κ1) is 16.1. The SMILES string of the molecule is COc1ccc(OCC(O)CN(C)C2CCCCC2)cc1. The van der Waals surface area contributed by atoms with Crippen molar-refractivity contribution >= 4 is 0 Å². The second-order valence-corrected chi connectivity index (χ2v) is 5.87. The number of rotatable bonds is 7. The lowest BCUT2D eigenvalue weighted by Gasteiger charge is -2.32. The van der Waals surface area contributed by atoms with Crippen LogP contribution in [-0.2, 0) is 0 Å². The minimum Gasteiger partial charge on any atom is -0.497 e. The largest absolute Gasteiger partial charge is 0.497 e. The first-order valence-electron chi connectivity index (χ1n) is 7.84. The van der Waals surface area contributed by atoms with Crippen LogP contribution in [0.2, 0.25) is 0 Å². The molecule has 0 aromatic heterocycles. The van der Waals surface area contributed by atoms with E-state index in [4.69, 9.17) is 9.47 Å². The van der Waals surface area contributed by atoms with Crippen LogP contribution in [0.3, 0.4) is 0 Å². The monoisotopic (exact) mass is 293 g/mol. The summed E-state index contributed by atoms with van der Waals surface area (Å²) in [5.41, 5.74) is 0. The Morgan fingerprint density at radius 3 is 2.38 bits per heavy atom. The van der Waals surface area contributed by atoms with Gasteiger partial charge in [-0.15, -0.1) is 0 Å². The Labute approximate surface area is 127 Å². The van der Waals surface area contributed by atoms with E-state index in [0.29, 0.717) is 19.2 Å². The summed E-state index contributed by atoms with van der Waals surface area (Å²) in [4.78, 5) is 2.28. The maximum Gasteiger partial charge on any atom is 0.119 e. The minimum atomic E-state index is -0.459. The number of aliphatic hydroxyl groups excluding tert-OH is 1. The molecule has 21 heavy (non-hydrogen) atoms. The van der Waals surface area contributed by atoms with Gasteiger partial charge in [-0.25, -0.2) is 0 Å². The second kappa shape index (κ2) is 8.25. The molecule has 118 valence electrons. The Morgan fingerprint density at radius 2 is 1.76 bits per heavy atom. The molecule has 0 aliphatic heterocycles. The lowest BCUT2D eigenvalue weighted by Crippen LogP contribution is -2.40. The molecule has 0 radical (unpaired) electrons. The number of methoxy groups -OCH3 is 1. The van der Waals surface area contributed by atoms with Crippen molar-refractivity contribution in [1.82, 2.24) is 4.90 Å². The van der Waals surface area contributed by atoms with Crippen LogP contribution in [0.25, 0.3) is 0 Å². The van der Waals surface area contributed by atoms with Gasteiger partial charge < -0.3 is 19.5 Å². The van der Waals surface area contributed by atoms with Crippen molar-refractivity contribution in [1.29, 1.82) is 0 Å². The summed E-state index contributed by atoms with van der Waals surface area (Å²) in [6.45, 7) is 0.990. The highest BCUT2D eigenvalue weighted by atomic mass is 16.5. The van der Waals surface area contributed by atoms with Gasteiger partial charge >= 0.3 is 0 Å². The van der Waals surface area contributed by atoms with E-state index in [1.54, 1.807) is 7.11 Å². The number of benzene rings is 1. The van der Waals surface area contributed by atoms with Crippen molar-refractivity contribution < 1.29 is 14.6 Å². The zero-order valence-electron chi connectivity index (χ0n) is 13.1. The van der Waals surface area contributed by atoms with Crippen LogP contribution in [-0.4, -0.2) is 49.5 Å². The molecular formula is C17H27NO3. The number of nitrogens with zero attached hydrogens (tertiary/aromatic N) is 1. The van der Waals surface area contributed by atoms with Crippen molar-refractivity contribution in [3.63, 3.8) is 0 Å². The molecule has 1 saturated carbocycles. The maximum absolute atomic E-state index is 10.1. The number of ether oxygens (including phenoxy) is 2. The molecular weight excluding hydrogens is 266 g/mol. The Balaban J connectivity index is 1.71. The lowest BCUT2D eigenvalue weighted by atomic mass is 9.94. The van der Waals surface area contributed by atoms with Crippen LogP contribution in [0.4, 0.5) is 0 Å². The van der Waals surface area contributed by atoms with E-state index in [9.17, 15) is 5.11 Å². The quantitative estimate of drug-likeness (QED) is 0.839. The molecule has 0 bridgehead atoms. The number of hydrogen-bond acceptors (Lipinski definition) is 4. The lowest BCUT2D eigenvalue weighted by molar-refractivity contribution is 0.0561. The zero-order valence-corrected chi connectivity index (χ0v) is 13.1. The zero-order chi connectivity index (χ0) is 15.1. The fourth-order valence-corrected chi connectivity index (χ4v) is 2.92. The van der Waals surface area contributed by atoms with E-state index in [1.807, 2.05) is 24.3 Å². The van der Waals surface area contributed by atoms with E-state index < -0.39 is 6.10 Å². The topological polar surface area (TPSA) is 41.9 Å². The summed E-state index contributed by atoms with van der Waals surface area (Å²) in [7, 11) is 3.74. The minimum absolute atomic E-state index is 0.323. The molecule has 1 aromatic rings. The molecule has 4 heteroatoms. The molecule has 1 aromatic carbocycles. The Bertz CT molecular complexity index is 401. The third-order valence-corrected chi connectivity index (χ3v) is 4.20. The molecule has 0 saturated heterocycles. The van der Waals surface area contributed by atoms with E-state index in [1.165, 1.54) is 32.1 Å². The fourth-order valence-electron chi connectivity index (χ4n) is 2.92. The first-order chi connectivity index (χ1) is 10.2. The van der Waals surface area contributed by atoms with E-state index in [-0.39, 0.29) is 0 Å². The van der Waals surface area contributed by atoms with Crippen LogP contribution < -0.4 is 9.47 Å². The van der Waals surface area contributed by atoms with E-state index >= 15 is 0 Å². The van der Waals surface area contributed by atoms with E-state index in [0.717, 1.165) is 11.5 Å². The van der Waals surface area contributed by atoms with Gasteiger partial charge in [0.1, 0.15) is 24.2 Å². The van der Waals surface area contributed by atoms with Gasteiger partial charge in [-0.2, -0.15) is 0 Å². The normalized spacial score (nSPS) is 17.7. The van der Waals surface area contributed by atoms with Gasteiger partial charge in [0.05, 0.1) is 7.11 Å². The van der Waals surface area contributed by atoms with E-state index in [2.05, 4.69) is 11.9 Å². The summed E-state index contributed by atoms with van der Waals surface area (Å²) in [6.07, 6.45) is 6.03. The van der Waals surface area contributed by atoms with Crippen LogP contribution in [0.15, 0.2) is 24.3 Å². The Morgan fingerprint density at radius 1 is 1.14 bits per heavy atom. The summed E-state index contributed by atoms with van der Waals surface area (Å²) in [5, 5.41) is 10.1. The van der Waals surface area contributed by atoms with Crippen LogP contribution in [0.1, 0.15) is 32.1 Å². The van der Waals surface area contributed by atoms with Crippen molar-refractivity contribution in [3.8, 4) is 11.5 Å². The Hall–Kier alpha value is -1.26. The predicted molar refractivity (Wildman–Crippen MR) is 84.0 cm³/mol. The van der Waals surface area contributed by atoms with Gasteiger partial charge in [-0.1, -0.05) is 19.3 Å². The average Bonchev–Trinajstić information content (AvgIpc) is 2.54. The molecule has 0 spiro atoms. The van der Waals surface area contributed by atoms with Crippen LogP contribution in [0.5, 0.6) is 11.5 Å².